The van der Waals surface area contributed by atoms with Crippen molar-refractivity contribution in [1.82, 2.24) is 15.5 Å². The lowest BCUT2D eigenvalue weighted by atomic mass is 10.1. The molecule has 5 nitrogen and oxygen atoms in total. The zero-order chi connectivity index (χ0) is 20.5. The van der Waals surface area contributed by atoms with Gasteiger partial charge in [0, 0.05) is 55.0 Å². The molecule has 7 heteroatoms. The van der Waals surface area contributed by atoms with Crippen molar-refractivity contribution < 1.29 is 4.79 Å². The number of nitrogens with one attached hydrogen (secondary N) is 2. The van der Waals surface area contributed by atoms with Gasteiger partial charge in [-0.25, -0.2) is 0 Å². The Morgan fingerprint density at radius 1 is 1.24 bits per heavy atom. The average molecular weight is 529 g/mol. The Labute approximate surface area is 196 Å². The predicted molar refractivity (Wildman–Crippen MR) is 135 cm³/mol. The van der Waals surface area contributed by atoms with E-state index in [0.29, 0.717) is 12.6 Å². The number of rotatable bonds is 8. The Morgan fingerprint density at radius 2 is 2.00 bits per heavy atom. The first-order chi connectivity index (χ1) is 13.4. The van der Waals surface area contributed by atoms with Crippen molar-refractivity contribution in [2.75, 3.05) is 27.2 Å². The molecule has 0 aliphatic carbocycles. The molecule has 29 heavy (non-hydrogen) atoms. The van der Waals surface area contributed by atoms with Crippen LogP contribution in [0.15, 0.2) is 41.4 Å². The summed E-state index contributed by atoms with van der Waals surface area (Å²) in [4.78, 5) is 21.2. The van der Waals surface area contributed by atoms with Crippen LogP contribution < -0.4 is 10.6 Å². The summed E-state index contributed by atoms with van der Waals surface area (Å²) >= 11 is 1.85. The first kappa shape index (κ1) is 25.4. The number of thiophene rings is 1. The van der Waals surface area contributed by atoms with Crippen molar-refractivity contribution in [3.05, 3.63) is 57.3 Å². The van der Waals surface area contributed by atoms with Gasteiger partial charge in [0.15, 0.2) is 5.96 Å². The predicted octanol–water partition coefficient (Wildman–Crippen LogP) is 4.11. The fraction of sp³-hybridized carbons (Fsp3) is 0.455. The Kier molecular flexibility index (Phi) is 11.3. The monoisotopic (exact) mass is 528 g/mol. The maximum absolute atomic E-state index is 12.1. The van der Waals surface area contributed by atoms with E-state index >= 15 is 0 Å². The van der Waals surface area contributed by atoms with E-state index < -0.39 is 0 Å². The molecule has 0 saturated carbocycles. The van der Waals surface area contributed by atoms with E-state index in [1.165, 1.54) is 9.75 Å². The standard InChI is InChI=1S/C22H32N4OS.HI/c1-6-23-22(25-16(2)14-20-11-10-17(3)28-20)24-13-12-18-8-7-9-19(15-18)21(27)26(4)5;/h7-11,15-16H,6,12-14H2,1-5H3,(H2,23,24,25);1H. The van der Waals surface area contributed by atoms with Gasteiger partial charge in [0.2, 0.25) is 0 Å². The highest BCUT2D eigenvalue weighted by Crippen LogP contribution is 2.16. The number of benzene rings is 1. The zero-order valence-corrected chi connectivity index (χ0v) is 21.1. The summed E-state index contributed by atoms with van der Waals surface area (Å²) in [5, 5.41) is 6.81. The number of halogens is 1. The first-order valence-corrected chi connectivity index (χ1v) is 10.6. The van der Waals surface area contributed by atoms with E-state index in [1.54, 1.807) is 19.0 Å². The molecule has 2 N–H and O–H groups in total. The molecule has 0 fully saturated rings. The Morgan fingerprint density at radius 3 is 2.62 bits per heavy atom. The van der Waals surface area contributed by atoms with Crippen LogP contribution in [-0.2, 0) is 12.8 Å². The van der Waals surface area contributed by atoms with Gasteiger partial charge in [-0.05, 0) is 57.0 Å². The molecule has 1 heterocycles. The van der Waals surface area contributed by atoms with Gasteiger partial charge >= 0.3 is 0 Å². The molecule has 0 aliphatic heterocycles. The third-order valence-corrected chi connectivity index (χ3v) is 5.30. The van der Waals surface area contributed by atoms with Crippen molar-refractivity contribution >= 4 is 47.2 Å². The smallest absolute Gasteiger partial charge is 0.253 e. The second-order valence-corrected chi connectivity index (χ2v) is 8.54. The molecule has 1 aromatic heterocycles. The molecule has 0 spiro atoms. The fourth-order valence-electron chi connectivity index (χ4n) is 2.92. The number of nitrogens with zero attached hydrogens (tertiary/aromatic N) is 2. The molecule has 2 aromatic rings. The highest BCUT2D eigenvalue weighted by molar-refractivity contribution is 14.0. The minimum atomic E-state index is 0. The van der Waals surface area contributed by atoms with Gasteiger partial charge in [0.05, 0.1) is 0 Å². The minimum absolute atomic E-state index is 0. The number of carbonyl (C=O) groups is 1. The van der Waals surface area contributed by atoms with Gasteiger partial charge < -0.3 is 15.5 Å². The molecule has 0 radical (unpaired) electrons. The lowest BCUT2D eigenvalue weighted by molar-refractivity contribution is 0.0827. The molecule has 1 atom stereocenters. The quantitative estimate of drug-likeness (QED) is 0.308. The van der Waals surface area contributed by atoms with Crippen molar-refractivity contribution in [3.63, 3.8) is 0 Å². The summed E-state index contributed by atoms with van der Waals surface area (Å²) in [6.07, 6.45) is 1.78. The molecular formula is C22H33IN4OS. The van der Waals surface area contributed by atoms with Crippen molar-refractivity contribution in [1.29, 1.82) is 0 Å². The topological polar surface area (TPSA) is 56.7 Å². The van der Waals surface area contributed by atoms with Gasteiger partial charge in [-0.3, -0.25) is 9.79 Å². The van der Waals surface area contributed by atoms with Gasteiger partial charge in [0.1, 0.15) is 0 Å². The SMILES string of the molecule is CCNC(=NCCc1cccc(C(=O)N(C)C)c1)NC(C)Cc1ccc(C)s1.I. The first-order valence-electron chi connectivity index (χ1n) is 9.79. The Balaban J connectivity index is 0.00000420. The number of carbonyl (C=O) groups excluding carboxylic acids is 1. The van der Waals surface area contributed by atoms with E-state index in [9.17, 15) is 4.79 Å². The molecule has 1 amide bonds. The normalized spacial score (nSPS) is 12.1. The molecule has 1 aromatic carbocycles. The van der Waals surface area contributed by atoms with Crippen molar-refractivity contribution in [3.8, 4) is 0 Å². The maximum Gasteiger partial charge on any atom is 0.253 e. The molecular weight excluding hydrogens is 495 g/mol. The molecule has 2 rings (SSSR count). The van der Waals surface area contributed by atoms with Crippen LogP contribution in [-0.4, -0.2) is 50.0 Å². The molecule has 0 aliphatic rings. The van der Waals surface area contributed by atoms with E-state index in [1.807, 2.05) is 35.6 Å². The molecule has 1 unspecified atom stereocenters. The number of aryl methyl sites for hydroxylation is 1. The van der Waals surface area contributed by atoms with E-state index in [4.69, 9.17) is 4.99 Å². The number of guanidine groups is 1. The van der Waals surface area contributed by atoms with Crippen LogP contribution in [0.25, 0.3) is 0 Å². The molecule has 0 saturated heterocycles. The number of hydrogen-bond donors (Lipinski definition) is 2. The lowest BCUT2D eigenvalue weighted by Crippen LogP contribution is -2.43. The summed E-state index contributed by atoms with van der Waals surface area (Å²) in [5.41, 5.74) is 1.84. The third-order valence-electron chi connectivity index (χ3n) is 4.28. The minimum Gasteiger partial charge on any atom is -0.357 e. The summed E-state index contributed by atoms with van der Waals surface area (Å²) in [7, 11) is 3.54. The fourth-order valence-corrected chi connectivity index (χ4v) is 3.93. The summed E-state index contributed by atoms with van der Waals surface area (Å²) in [6, 6.07) is 12.5. The van der Waals surface area contributed by atoms with Crippen molar-refractivity contribution in [2.24, 2.45) is 4.99 Å². The van der Waals surface area contributed by atoms with Gasteiger partial charge in [-0.2, -0.15) is 0 Å². The van der Waals surface area contributed by atoms with E-state index in [-0.39, 0.29) is 29.9 Å². The summed E-state index contributed by atoms with van der Waals surface area (Å²) in [6.45, 7) is 7.88. The van der Waals surface area contributed by atoms with Crippen LogP contribution in [0.3, 0.4) is 0 Å². The third kappa shape index (κ3) is 8.74. The van der Waals surface area contributed by atoms with E-state index in [2.05, 4.69) is 43.5 Å². The van der Waals surface area contributed by atoms with Crippen molar-refractivity contribution in [2.45, 2.75) is 39.7 Å². The van der Waals surface area contributed by atoms with Crippen LogP contribution in [0.5, 0.6) is 0 Å². The summed E-state index contributed by atoms with van der Waals surface area (Å²) < 4.78 is 0. The number of hydrogen-bond acceptors (Lipinski definition) is 3. The van der Waals surface area contributed by atoms with Crippen LogP contribution in [0.1, 0.15) is 39.5 Å². The van der Waals surface area contributed by atoms with Gasteiger partial charge in [-0.1, -0.05) is 12.1 Å². The lowest BCUT2D eigenvalue weighted by Gasteiger charge is -2.17. The second-order valence-electron chi connectivity index (χ2n) is 7.17. The molecule has 0 bridgehead atoms. The largest absolute Gasteiger partial charge is 0.357 e. The van der Waals surface area contributed by atoms with Crippen LogP contribution in [0, 0.1) is 6.92 Å². The Bertz CT molecular complexity index is 804. The second kappa shape index (κ2) is 12.8. The average Bonchev–Trinajstić information content (AvgIpc) is 3.05. The maximum atomic E-state index is 12.1. The van der Waals surface area contributed by atoms with Gasteiger partial charge in [0.25, 0.3) is 5.91 Å². The number of amides is 1. The highest BCUT2D eigenvalue weighted by Gasteiger charge is 2.09. The number of aliphatic imine (C=N–C) groups is 1. The zero-order valence-electron chi connectivity index (χ0n) is 18.0. The highest BCUT2D eigenvalue weighted by atomic mass is 127. The van der Waals surface area contributed by atoms with Crippen LogP contribution in [0.2, 0.25) is 0 Å². The van der Waals surface area contributed by atoms with Crippen LogP contribution in [0.4, 0.5) is 0 Å². The van der Waals surface area contributed by atoms with E-state index in [0.717, 1.165) is 36.5 Å². The van der Waals surface area contributed by atoms with Gasteiger partial charge in [-0.15, -0.1) is 35.3 Å². The van der Waals surface area contributed by atoms with Crippen LogP contribution >= 0.6 is 35.3 Å². The Hall–Kier alpha value is -1.61. The molecule has 160 valence electrons. The summed E-state index contributed by atoms with van der Waals surface area (Å²) in [5.74, 6) is 0.863.